The molecule has 1 N–H and O–H groups in total. The first kappa shape index (κ1) is 13.5. The van der Waals surface area contributed by atoms with Crippen LogP contribution in [-0.4, -0.2) is 36.5 Å². The molecule has 0 spiro atoms. The summed E-state index contributed by atoms with van der Waals surface area (Å²) in [7, 11) is 0. The largest absolute Gasteiger partial charge is 0.352 e. The second-order valence-electron chi connectivity index (χ2n) is 4.90. The Kier molecular flexibility index (Phi) is 6.46. The van der Waals surface area contributed by atoms with Crippen LogP contribution in [-0.2, 0) is 4.79 Å². The van der Waals surface area contributed by atoms with Gasteiger partial charge in [0.15, 0.2) is 0 Å². The Morgan fingerprint density at radius 1 is 1.38 bits per heavy atom. The highest BCUT2D eigenvalue weighted by molar-refractivity contribution is 5.73. The van der Waals surface area contributed by atoms with E-state index in [1.54, 1.807) is 6.92 Å². The zero-order chi connectivity index (χ0) is 11.8. The van der Waals surface area contributed by atoms with Gasteiger partial charge in [0.05, 0.1) is 0 Å². The van der Waals surface area contributed by atoms with Crippen molar-refractivity contribution in [2.45, 2.75) is 58.4 Å². The van der Waals surface area contributed by atoms with Crippen LogP contribution in [0.4, 0.5) is 0 Å². The third kappa shape index (κ3) is 5.50. The van der Waals surface area contributed by atoms with Crippen LogP contribution < -0.4 is 5.32 Å². The van der Waals surface area contributed by atoms with Gasteiger partial charge in [0.25, 0.3) is 0 Å². The quantitative estimate of drug-likeness (QED) is 0.704. The smallest absolute Gasteiger partial charge is 0.217 e. The highest BCUT2D eigenvalue weighted by Gasteiger charge is 2.19. The van der Waals surface area contributed by atoms with Crippen LogP contribution in [0.1, 0.15) is 52.4 Å². The summed E-state index contributed by atoms with van der Waals surface area (Å²) in [6, 6.07) is 0.387. The lowest BCUT2D eigenvalue weighted by Crippen LogP contribution is -2.47. The highest BCUT2D eigenvalue weighted by Crippen LogP contribution is 2.11. The standard InChI is InChI=1S/C13H26N2O/c1-3-4-5-6-9-15-10-7-8-13(11-15)14-12(2)16/h13H,3-11H2,1-2H3,(H,14,16)/t13-/m0/s1. The summed E-state index contributed by atoms with van der Waals surface area (Å²) in [6.07, 6.45) is 7.67. The lowest BCUT2D eigenvalue weighted by molar-refractivity contribution is -0.120. The van der Waals surface area contributed by atoms with Crippen LogP contribution in [0.2, 0.25) is 0 Å². The van der Waals surface area contributed by atoms with Crippen molar-refractivity contribution in [3.63, 3.8) is 0 Å². The number of likely N-dealkylation sites (tertiary alicyclic amines) is 1. The molecule has 1 amide bonds. The number of amides is 1. The molecule has 0 bridgehead atoms. The van der Waals surface area contributed by atoms with E-state index in [1.807, 2.05) is 0 Å². The number of carbonyl (C=O) groups is 1. The number of piperidine rings is 1. The van der Waals surface area contributed by atoms with E-state index in [9.17, 15) is 4.79 Å². The van der Waals surface area contributed by atoms with Crippen LogP contribution >= 0.6 is 0 Å². The Bertz CT molecular complexity index is 206. The van der Waals surface area contributed by atoms with Crippen molar-refractivity contribution in [1.29, 1.82) is 0 Å². The van der Waals surface area contributed by atoms with Crippen molar-refractivity contribution in [3.05, 3.63) is 0 Å². The summed E-state index contributed by atoms with van der Waals surface area (Å²) in [4.78, 5) is 13.5. The maximum absolute atomic E-state index is 11.0. The number of carbonyl (C=O) groups excluding carboxylic acids is 1. The van der Waals surface area contributed by atoms with Gasteiger partial charge in [0.2, 0.25) is 5.91 Å². The molecule has 0 aromatic carbocycles. The SMILES string of the molecule is CCCCCCN1CCC[C@H](NC(C)=O)C1. The fraction of sp³-hybridized carbons (Fsp3) is 0.923. The first-order chi connectivity index (χ1) is 7.72. The monoisotopic (exact) mass is 226 g/mol. The third-order valence-corrected chi connectivity index (χ3v) is 3.24. The Morgan fingerprint density at radius 2 is 2.19 bits per heavy atom. The van der Waals surface area contributed by atoms with Crippen molar-refractivity contribution < 1.29 is 4.79 Å². The molecule has 0 saturated carbocycles. The van der Waals surface area contributed by atoms with Gasteiger partial charge < -0.3 is 10.2 Å². The normalized spacial score (nSPS) is 22.0. The van der Waals surface area contributed by atoms with Gasteiger partial charge in [0.1, 0.15) is 0 Å². The molecule has 0 aromatic heterocycles. The van der Waals surface area contributed by atoms with Crippen molar-refractivity contribution in [1.82, 2.24) is 10.2 Å². The zero-order valence-electron chi connectivity index (χ0n) is 10.8. The Labute approximate surface area is 99.6 Å². The van der Waals surface area contributed by atoms with Crippen molar-refractivity contribution in [2.24, 2.45) is 0 Å². The minimum absolute atomic E-state index is 0.109. The molecule has 0 unspecified atom stereocenters. The van der Waals surface area contributed by atoms with E-state index < -0.39 is 0 Å². The van der Waals surface area contributed by atoms with Crippen molar-refractivity contribution >= 4 is 5.91 Å². The predicted molar refractivity (Wildman–Crippen MR) is 67.4 cm³/mol. The molecule has 1 aliphatic rings. The van der Waals surface area contributed by atoms with E-state index in [1.165, 1.54) is 45.2 Å². The summed E-state index contributed by atoms with van der Waals surface area (Å²) in [6.45, 7) is 7.32. The Balaban J connectivity index is 2.14. The highest BCUT2D eigenvalue weighted by atomic mass is 16.1. The fourth-order valence-corrected chi connectivity index (χ4v) is 2.43. The number of nitrogens with zero attached hydrogens (tertiary/aromatic N) is 1. The number of rotatable bonds is 6. The van der Waals surface area contributed by atoms with Crippen molar-refractivity contribution in [3.8, 4) is 0 Å². The molecule has 3 heteroatoms. The van der Waals surface area contributed by atoms with Gasteiger partial charge in [-0.1, -0.05) is 26.2 Å². The minimum Gasteiger partial charge on any atom is -0.352 e. The Hall–Kier alpha value is -0.570. The zero-order valence-corrected chi connectivity index (χ0v) is 10.8. The lowest BCUT2D eigenvalue weighted by Gasteiger charge is -2.32. The summed E-state index contributed by atoms with van der Waals surface area (Å²) < 4.78 is 0. The van der Waals surface area contributed by atoms with Crippen molar-refractivity contribution in [2.75, 3.05) is 19.6 Å². The van der Waals surface area contributed by atoms with E-state index in [0.29, 0.717) is 6.04 Å². The first-order valence-electron chi connectivity index (χ1n) is 6.72. The number of hydrogen-bond donors (Lipinski definition) is 1. The molecule has 3 nitrogen and oxygen atoms in total. The molecule has 94 valence electrons. The second kappa shape index (κ2) is 7.66. The number of unbranched alkanes of at least 4 members (excludes halogenated alkanes) is 3. The van der Waals surface area contributed by atoms with Crippen LogP contribution in [0.5, 0.6) is 0 Å². The molecule has 0 aromatic rings. The van der Waals surface area contributed by atoms with Gasteiger partial charge >= 0.3 is 0 Å². The molecule has 1 heterocycles. The summed E-state index contributed by atoms with van der Waals surface area (Å²) in [5.41, 5.74) is 0. The molecule has 1 saturated heterocycles. The first-order valence-corrected chi connectivity index (χ1v) is 6.72. The molecule has 1 rings (SSSR count). The van der Waals surface area contributed by atoms with E-state index in [0.717, 1.165) is 13.0 Å². The van der Waals surface area contributed by atoms with E-state index >= 15 is 0 Å². The molecule has 0 radical (unpaired) electrons. The topological polar surface area (TPSA) is 32.3 Å². The van der Waals surface area contributed by atoms with E-state index in [-0.39, 0.29) is 5.91 Å². The van der Waals surface area contributed by atoms with Gasteiger partial charge in [0, 0.05) is 19.5 Å². The number of nitrogens with one attached hydrogen (secondary N) is 1. The van der Waals surface area contributed by atoms with Gasteiger partial charge in [-0.15, -0.1) is 0 Å². The summed E-state index contributed by atoms with van der Waals surface area (Å²) >= 11 is 0. The third-order valence-electron chi connectivity index (χ3n) is 3.24. The number of hydrogen-bond acceptors (Lipinski definition) is 2. The van der Waals surface area contributed by atoms with Gasteiger partial charge in [-0.3, -0.25) is 4.79 Å². The molecular weight excluding hydrogens is 200 g/mol. The van der Waals surface area contributed by atoms with Crippen LogP contribution in [0.25, 0.3) is 0 Å². The van der Waals surface area contributed by atoms with E-state index in [2.05, 4.69) is 17.1 Å². The summed E-state index contributed by atoms with van der Waals surface area (Å²) in [5.74, 6) is 0.109. The second-order valence-corrected chi connectivity index (χ2v) is 4.90. The van der Waals surface area contributed by atoms with Crippen LogP contribution in [0.3, 0.4) is 0 Å². The maximum atomic E-state index is 11.0. The predicted octanol–water partition coefficient (Wildman–Crippen LogP) is 2.17. The van der Waals surface area contributed by atoms with Crippen LogP contribution in [0.15, 0.2) is 0 Å². The van der Waals surface area contributed by atoms with Gasteiger partial charge in [-0.05, 0) is 32.4 Å². The lowest BCUT2D eigenvalue weighted by atomic mass is 10.0. The summed E-state index contributed by atoms with van der Waals surface area (Å²) in [5, 5.41) is 3.03. The Morgan fingerprint density at radius 3 is 2.88 bits per heavy atom. The fourth-order valence-electron chi connectivity index (χ4n) is 2.43. The molecule has 1 fully saturated rings. The van der Waals surface area contributed by atoms with E-state index in [4.69, 9.17) is 0 Å². The minimum atomic E-state index is 0.109. The molecule has 1 aliphatic heterocycles. The van der Waals surface area contributed by atoms with Gasteiger partial charge in [-0.2, -0.15) is 0 Å². The van der Waals surface area contributed by atoms with Crippen LogP contribution in [0, 0.1) is 0 Å². The molecule has 16 heavy (non-hydrogen) atoms. The van der Waals surface area contributed by atoms with Gasteiger partial charge in [-0.25, -0.2) is 0 Å². The molecule has 0 aliphatic carbocycles. The molecule has 1 atom stereocenters. The average molecular weight is 226 g/mol. The average Bonchev–Trinajstić information content (AvgIpc) is 2.24. The maximum Gasteiger partial charge on any atom is 0.217 e. The molecular formula is C13H26N2O.